The lowest BCUT2D eigenvalue weighted by Crippen LogP contribution is -2.43. The molecule has 1 aliphatic heterocycles. The van der Waals surface area contributed by atoms with Crippen LogP contribution < -0.4 is 5.32 Å². The zero-order chi connectivity index (χ0) is 10.7. The molecular formula is C10H20N2O2. The third-order valence-corrected chi connectivity index (χ3v) is 3.19. The summed E-state index contributed by atoms with van der Waals surface area (Å²) in [5.74, 6) is 0.315. The Morgan fingerprint density at radius 1 is 1.64 bits per heavy atom. The zero-order valence-electron chi connectivity index (χ0n) is 9.16. The van der Waals surface area contributed by atoms with Crippen molar-refractivity contribution in [3.8, 4) is 0 Å². The highest BCUT2D eigenvalue weighted by molar-refractivity contribution is 5.84. The summed E-state index contributed by atoms with van der Waals surface area (Å²) in [7, 11) is 1.81. The number of aliphatic hydroxyl groups is 1. The lowest BCUT2D eigenvalue weighted by molar-refractivity contribution is -0.132. The summed E-state index contributed by atoms with van der Waals surface area (Å²) in [5, 5.41) is 12.0. The van der Waals surface area contributed by atoms with Crippen LogP contribution >= 0.6 is 0 Å². The minimum absolute atomic E-state index is 0.0247. The van der Waals surface area contributed by atoms with Crippen LogP contribution in [0.2, 0.25) is 0 Å². The van der Waals surface area contributed by atoms with Gasteiger partial charge in [0.15, 0.2) is 0 Å². The highest BCUT2D eigenvalue weighted by Gasteiger charge is 2.34. The molecule has 82 valence electrons. The van der Waals surface area contributed by atoms with Crippen LogP contribution in [0.3, 0.4) is 0 Å². The number of nitrogens with one attached hydrogen (secondary N) is 1. The lowest BCUT2D eigenvalue weighted by Gasteiger charge is -2.28. The van der Waals surface area contributed by atoms with Crippen LogP contribution in [0.5, 0.6) is 0 Å². The molecule has 0 bridgehead atoms. The number of carbonyl (C=O) groups excluding carboxylic acids is 1. The summed E-state index contributed by atoms with van der Waals surface area (Å²) < 4.78 is 0. The van der Waals surface area contributed by atoms with Crippen LogP contribution in [0.25, 0.3) is 0 Å². The van der Waals surface area contributed by atoms with Crippen molar-refractivity contribution in [1.82, 2.24) is 10.2 Å². The number of likely N-dealkylation sites (tertiary alicyclic amines) is 1. The third-order valence-electron chi connectivity index (χ3n) is 3.19. The van der Waals surface area contributed by atoms with Crippen LogP contribution in [0.1, 0.15) is 20.3 Å². The monoisotopic (exact) mass is 200 g/mol. The van der Waals surface area contributed by atoms with Gasteiger partial charge in [0.25, 0.3) is 0 Å². The fourth-order valence-corrected chi connectivity index (χ4v) is 1.83. The van der Waals surface area contributed by atoms with Crippen molar-refractivity contribution in [3.63, 3.8) is 0 Å². The van der Waals surface area contributed by atoms with Gasteiger partial charge in [-0.25, -0.2) is 0 Å². The molecule has 1 saturated heterocycles. The molecule has 0 aliphatic carbocycles. The van der Waals surface area contributed by atoms with E-state index < -0.39 is 0 Å². The standard InChI is InChI=1S/C10H20N2O2/c1-7(6-13)8(2)12-5-4-9(11-3)10(12)14/h7-9,11,13H,4-6H2,1-3H3. The normalized spacial score (nSPS) is 26.7. The van der Waals surface area contributed by atoms with Crippen molar-refractivity contribution in [2.75, 3.05) is 20.2 Å². The second-order valence-corrected chi connectivity index (χ2v) is 4.06. The highest BCUT2D eigenvalue weighted by Crippen LogP contribution is 2.18. The number of rotatable bonds is 4. The molecule has 0 aromatic carbocycles. The van der Waals surface area contributed by atoms with Crippen molar-refractivity contribution in [2.45, 2.75) is 32.4 Å². The maximum absolute atomic E-state index is 11.8. The predicted octanol–water partition coefficient (Wildman–Crippen LogP) is -0.176. The Morgan fingerprint density at radius 3 is 2.71 bits per heavy atom. The number of likely N-dealkylation sites (N-methyl/N-ethyl adjacent to an activating group) is 1. The molecular weight excluding hydrogens is 180 g/mol. The van der Waals surface area contributed by atoms with Crippen molar-refractivity contribution < 1.29 is 9.90 Å². The first-order valence-corrected chi connectivity index (χ1v) is 5.20. The van der Waals surface area contributed by atoms with E-state index >= 15 is 0 Å². The van der Waals surface area contributed by atoms with E-state index in [1.807, 2.05) is 25.8 Å². The van der Waals surface area contributed by atoms with Gasteiger partial charge in [-0.15, -0.1) is 0 Å². The van der Waals surface area contributed by atoms with Gasteiger partial charge < -0.3 is 15.3 Å². The van der Waals surface area contributed by atoms with E-state index in [1.54, 1.807) is 0 Å². The SMILES string of the molecule is CNC1CCN(C(C)C(C)CO)C1=O. The van der Waals surface area contributed by atoms with Crippen molar-refractivity contribution >= 4 is 5.91 Å². The van der Waals surface area contributed by atoms with E-state index in [-0.39, 0.29) is 30.5 Å². The minimum Gasteiger partial charge on any atom is -0.396 e. The lowest BCUT2D eigenvalue weighted by atomic mass is 10.0. The summed E-state index contributed by atoms with van der Waals surface area (Å²) >= 11 is 0. The Morgan fingerprint density at radius 2 is 2.29 bits per heavy atom. The topological polar surface area (TPSA) is 52.6 Å². The molecule has 4 heteroatoms. The first-order valence-electron chi connectivity index (χ1n) is 5.20. The first-order chi connectivity index (χ1) is 6.61. The zero-order valence-corrected chi connectivity index (χ0v) is 9.16. The van der Waals surface area contributed by atoms with Crippen LogP contribution in [0.15, 0.2) is 0 Å². The Hall–Kier alpha value is -0.610. The Labute approximate surface area is 85.3 Å². The van der Waals surface area contributed by atoms with Gasteiger partial charge >= 0.3 is 0 Å². The van der Waals surface area contributed by atoms with Gasteiger partial charge in [0.2, 0.25) is 5.91 Å². The third kappa shape index (κ3) is 2.07. The van der Waals surface area contributed by atoms with E-state index in [9.17, 15) is 4.79 Å². The second-order valence-electron chi connectivity index (χ2n) is 4.06. The molecule has 14 heavy (non-hydrogen) atoms. The molecule has 1 rings (SSSR count). The average Bonchev–Trinajstić information content (AvgIpc) is 2.57. The fraction of sp³-hybridized carbons (Fsp3) is 0.900. The average molecular weight is 200 g/mol. The van der Waals surface area contributed by atoms with Crippen LogP contribution in [0, 0.1) is 5.92 Å². The van der Waals surface area contributed by atoms with E-state index in [2.05, 4.69) is 5.32 Å². The first kappa shape index (κ1) is 11.5. The van der Waals surface area contributed by atoms with Gasteiger partial charge in [0, 0.05) is 19.2 Å². The second kappa shape index (κ2) is 4.75. The summed E-state index contributed by atoms with van der Waals surface area (Å²) in [5.41, 5.74) is 0. The van der Waals surface area contributed by atoms with Gasteiger partial charge in [-0.1, -0.05) is 6.92 Å². The Kier molecular flexibility index (Phi) is 3.89. The quantitative estimate of drug-likeness (QED) is 0.662. The number of hydrogen-bond donors (Lipinski definition) is 2. The molecule has 1 aliphatic rings. The van der Waals surface area contributed by atoms with Crippen molar-refractivity contribution in [2.24, 2.45) is 5.92 Å². The van der Waals surface area contributed by atoms with E-state index in [1.165, 1.54) is 0 Å². The molecule has 4 nitrogen and oxygen atoms in total. The van der Waals surface area contributed by atoms with Crippen LogP contribution in [-0.4, -0.2) is 48.2 Å². The van der Waals surface area contributed by atoms with E-state index in [0.29, 0.717) is 0 Å². The number of carbonyl (C=O) groups is 1. The fourth-order valence-electron chi connectivity index (χ4n) is 1.83. The summed E-state index contributed by atoms with van der Waals surface area (Å²) in [4.78, 5) is 13.6. The van der Waals surface area contributed by atoms with Gasteiger partial charge in [-0.2, -0.15) is 0 Å². The highest BCUT2D eigenvalue weighted by atomic mass is 16.3. The Bertz CT molecular complexity index is 208. The van der Waals surface area contributed by atoms with Crippen LogP contribution in [0.4, 0.5) is 0 Å². The number of amides is 1. The van der Waals surface area contributed by atoms with Crippen LogP contribution in [-0.2, 0) is 4.79 Å². The summed E-state index contributed by atoms with van der Waals surface area (Å²) in [6.07, 6.45) is 0.873. The number of hydrogen-bond acceptors (Lipinski definition) is 3. The number of aliphatic hydroxyl groups excluding tert-OH is 1. The van der Waals surface area contributed by atoms with Gasteiger partial charge in [0.1, 0.15) is 0 Å². The predicted molar refractivity (Wildman–Crippen MR) is 54.9 cm³/mol. The molecule has 3 atom stereocenters. The molecule has 1 amide bonds. The molecule has 1 fully saturated rings. The summed E-state index contributed by atoms with van der Waals surface area (Å²) in [6, 6.07) is 0.106. The molecule has 0 saturated carbocycles. The molecule has 0 aromatic rings. The molecule has 0 radical (unpaired) electrons. The maximum atomic E-state index is 11.8. The molecule has 1 heterocycles. The molecule has 3 unspecified atom stereocenters. The molecule has 0 spiro atoms. The minimum atomic E-state index is -0.0247. The maximum Gasteiger partial charge on any atom is 0.240 e. The van der Waals surface area contributed by atoms with Gasteiger partial charge in [-0.3, -0.25) is 4.79 Å². The van der Waals surface area contributed by atoms with Crippen molar-refractivity contribution in [1.29, 1.82) is 0 Å². The largest absolute Gasteiger partial charge is 0.396 e. The summed E-state index contributed by atoms with van der Waals surface area (Å²) in [6.45, 7) is 4.90. The van der Waals surface area contributed by atoms with E-state index in [0.717, 1.165) is 13.0 Å². The molecule has 0 aromatic heterocycles. The van der Waals surface area contributed by atoms with Crippen molar-refractivity contribution in [3.05, 3.63) is 0 Å². The van der Waals surface area contributed by atoms with E-state index in [4.69, 9.17) is 5.11 Å². The van der Waals surface area contributed by atoms with Gasteiger partial charge in [0.05, 0.1) is 6.04 Å². The van der Waals surface area contributed by atoms with Gasteiger partial charge in [-0.05, 0) is 26.3 Å². The smallest absolute Gasteiger partial charge is 0.240 e. The molecule has 2 N–H and O–H groups in total. The Balaban J connectivity index is 2.58. The number of nitrogens with zero attached hydrogens (tertiary/aromatic N) is 1.